The Morgan fingerprint density at radius 2 is 1.52 bits per heavy atom. The number of aryl methyl sites for hydroxylation is 1. The lowest BCUT2D eigenvalue weighted by Gasteiger charge is -2.31. The molecule has 0 unspecified atom stereocenters. The van der Waals surface area contributed by atoms with Crippen LogP contribution in [0.4, 0.5) is 0 Å². The van der Waals surface area contributed by atoms with Crippen LogP contribution in [0.2, 0.25) is 0 Å². The summed E-state index contributed by atoms with van der Waals surface area (Å²) in [5.74, 6) is -0.713. The summed E-state index contributed by atoms with van der Waals surface area (Å²) in [5, 5.41) is 8.91. The molecule has 5 nitrogen and oxygen atoms in total. The normalized spacial score (nSPS) is 14.7. The molecule has 1 amide bonds. The summed E-state index contributed by atoms with van der Waals surface area (Å²) >= 11 is 0. The van der Waals surface area contributed by atoms with Gasteiger partial charge in [0, 0.05) is 31.0 Å². The van der Waals surface area contributed by atoms with Crippen LogP contribution in [0.25, 0.3) is 0 Å². The number of rotatable bonds is 6. The second kappa shape index (κ2) is 8.62. The van der Waals surface area contributed by atoms with E-state index in [0.29, 0.717) is 38.8 Å². The number of aromatic carboxylic acids is 1. The van der Waals surface area contributed by atoms with Gasteiger partial charge in [-0.25, -0.2) is 4.79 Å². The number of carboxylic acid groups (broad SMARTS) is 1. The van der Waals surface area contributed by atoms with Gasteiger partial charge in [0.1, 0.15) is 0 Å². The highest BCUT2D eigenvalue weighted by Gasteiger charge is 2.27. The van der Waals surface area contributed by atoms with Gasteiger partial charge in [0.05, 0.1) is 5.56 Å². The van der Waals surface area contributed by atoms with Gasteiger partial charge in [0.15, 0.2) is 5.78 Å². The number of carbonyl (C=O) groups is 3. The number of nitrogens with zero attached hydrogens (tertiary/aromatic N) is 1. The van der Waals surface area contributed by atoms with Crippen LogP contribution in [0.3, 0.4) is 0 Å². The Bertz CT molecular complexity index is 806. The molecule has 1 aliphatic heterocycles. The standard InChI is InChI=1S/C22H23NO4/c24-20(11-8-16-6-9-19(10-7-16)22(26)27)23-14-12-18(13-15-23)21(25)17-4-2-1-3-5-17/h1-7,9-10,18H,8,11-15H2,(H,26,27). The molecule has 0 atom stereocenters. The average molecular weight is 365 g/mol. The maximum atomic E-state index is 12.5. The molecule has 3 rings (SSSR count). The van der Waals surface area contributed by atoms with Gasteiger partial charge in [-0.2, -0.15) is 0 Å². The number of piperidine rings is 1. The summed E-state index contributed by atoms with van der Waals surface area (Å²) < 4.78 is 0. The summed E-state index contributed by atoms with van der Waals surface area (Å²) in [5.41, 5.74) is 1.94. The fourth-order valence-electron chi connectivity index (χ4n) is 3.45. The fraction of sp³-hybridized carbons (Fsp3) is 0.318. The van der Waals surface area contributed by atoms with Gasteiger partial charge in [-0.1, -0.05) is 42.5 Å². The number of hydrogen-bond acceptors (Lipinski definition) is 3. The zero-order valence-electron chi connectivity index (χ0n) is 15.1. The molecule has 0 aromatic heterocycles. The van der Waals surface area contributed by atoms with Crippen molar-refractivity contribution in [2.24, 2.45) is 5.92 Å². The van der Waals surface area contributed by atoms with E-state index >= 15 is 0 Å². The van der Waals surface area contributed by atoms with E-state index in [9.17, 15) is 14.4 Å². The highest BCUT2D eigenvalue weighted by atomic mass is 16.4. The highest BCUT2D eigenvalue weighted by Crippen LogP contribution is 2.22. The molecule has 2 aromatic rings. The van der Waals surface area contributed by atoms with Gasteiger partial charge < -0.3 is 10.0 Å². The summed E-state index contributed by atoms with van der Waals surface area (Å²) in [4.78, 5) is 37.7. The van der Waals surface area contributed by atoms with Crippen LogP contribution >= 0.6 is 0 Å². The Hall–Kier alpha value is -2.95. The Labute approximate surface area is 158 Å². The van der Waals surface area contributed by atoms with Crippen LogP contribution in [0.15, 0.2) is 54.6 Å². The van der Waals surface area contributed by atoms with Crippen molar-refractivity contribution in [1.82, 2.24) is 4.90 Å². The number of ketones is 1. The van der Waals surface area contributed by atoms with Crippen LogP contribution in [0.1, 0.15) is 45.5 Å². The molecule has 1 heterocycles. The second-order valence-corrected chi connectivity index (χ2v) is 6.89. The van der Waals surface area contributed by atoms with Crippen LogP contribution in [0.5, 0.6) is 0 Å². The van der Waals surface area contributed by atoms with Gasteiger partial charge in [-0.15, -0.1) is 0 Å². The molecular weight excluding hydrogens is 342 g/mol. The number of carbonyl (C=O) groups excluding carboxylic acids is 2. The summed E-state index contributed by atoms with van der Waals surface area (Å²) in [7, 11) is 0. The van der Waals surface area contributed by atoms with E-state index in [2.05, 4.69) is 0 Å². The summed E-state index contributed by atoms with van der Waals surface area (Å²) in [6.45, 7) is 1.22. The van der Waals surface area contributed by atoms with Gasteiger partial charge in [-0.05, 0) is 37.0 Å². The molecule has 0 radical (unpaired) electrons. The lowest BCUT2D eigenvalue weighted by atomic mass is 9.89. The first kappa shape index (κ1) is 18.8. The first-order valence-electron chi connectivity index (χ1n) is 9.24. The molecule has 140 valence electrons. The van der Waals surface area contributed by atoms with Crippen molar-refractivity contribution < 1.29 is 19.5 Å². The summed E-state index contributed by atoms with van der Waals surface area (Å²) in [6.07, 6.45) is 2.38. The number of likely N-dealkylation sites (tertiary alicyclic amines) is 1. The van der Waals surface area contributed by atoms with E-state index in [4.69, 9.17) is 5.11 Å². The van der Waals surface area contributed by atoms with Crippen LogP contribution in [0, 0.1) is 5.92 Å². The van der Waals surface area contributed by atoms with Crippen molar-refractivity contribution in [3.05, 3.63) is 71.3 Å². The second-order valence-electron chi connectivity index (χ2n) is 6.89. The van der Waals surface area contributed by atoms with Crippen molar-refractivity contribution in [2.45, 2.75) is 25.7 Å². The molecule has 1 aliphatic rings. The van der Waals surface area contributed by atoms with E-state index in [1.165, 1.54) is 0 Å². The monoisotopic (exact) mass is 365 g/mol. The third-order valence-electron chi connectivity index (χ3n) is 5.11. The van der Waals surface area contributed by atoms with Crippen LogP contribution < -0.4 is 0 Å². The van der Waals surface area contributed by atoms with Crippen LogP contribution in [-0.4, -0.2) is 40.8 Å². The Morgan fingerprint density at radius 3 is 2.11 bits per heavy atom. The van der Waals surface area contributed by atoms with Gasteiger partial charge in [0.25, 0.3) is 0 Å². The van der Waals surface area contributed by atoms with Crippen LogP contribution in [-0.2, 0) is 11.2 Å². The van der Waals surface area contributed by atoms with E-state index in [0.717, 1.165) is 11.1 Å². The Balaban J connectivity index is 1.47. The Morgan fingerprint density at radius 1 is 0.889 bits per heavy atom. The first-order valence-corrected chi connectivity index (χ1v) is 9.24. The van der Waals surface area contributed by atoms with Crippen molar-refractivity contribution in [3.63, 3.8) is 0 Å². The molecule has 0 aliphatic carbocycles. The molecule has 27 heavy (non-hydrogen) atoms. The molecule has 5 heteroatoms. The van der Waals surface area contributed by atoms with Gasteiger partial charge >= 0.3 is 5.97 Å². The molecule has 0 saturated carbocycles. The molecule has 2 aromatic carbocycles. The van der Waals surface area contributed by atoms with Gasteiger partial charge in [-0.3, -0.25) is 9.59 Å². The zero-order chi connectivity index (χ0) is 19.2. The topological polar surface area (TPSA) is 74.7 Å². The predicted molar refractivity (Wildman–Crippen MR) is 102 cm³/mol. The number of amides is 1. The SMILES string of the molecule is O=C(O)c1ccc(CCC(=O)N2CCC(C(=O)c3ccccc3)CC2)cc1. The fourth-order valence-corrected chi connectivity index (χ4v) is 3.45. The molecule has 1 saturated heterocycles. The minimum absolute atomic E-state index is 0.0139. The van der Waals surface area contributed by atoms with Crippen molar-refractivity contribution in [2.75, 3.05) is 13.1 Å². The molecule has 1 fully saturated rings. The predicted octanol–water partition coefficient (Wildman–Crippen LogP) is 3.44. The largest absolute Gasteiger partial charge is 0.478 e. The maximum absolute atomic E-state index is 12.5. The Kier molecular flexibility index (Phi) is 6.01. The molecule has 0 bridgehead atoms. The number of benzene rings is 2. The number of carboxylic acids is 1. The molecular formula is C22H23NO4. The summed E-state index contributed by atoms with van der Waals surface area (Å²) in [6, 6.07) is 15.9. The van der Waals surface area contributed by atoms with E-state index in [-0.39, 0.29) is 23.2 Å². The number of Topliss-reactive ketones (excluding diaryl/α,β-unsaturated/α-hetero) is 1. The third-order valence-corrected chi connectivity index (χ3v) is 5.11. The van der Waals surface area contributed by atoms with E-state index < -0.39 is 5.97 Å². The average Bonchev–Trinajstić information content (AvgIpc) is 2.72. The highest BCUT2D eigenvalue weighted by molar-refractivity contribution is 5.98. The molecule has 0 spiro atoms. The lowest BCUT2D eigenvalue weighted by molar-refractivity contribution is -0.132. The minimum atomic E-state index is -0.953. The zero-order valence-corrected chi connectivity index (χ0v) is 15.1. The van der Waals surface area contributed by atoms with Crippen molar-refractivity contribution in [3.8, 4) is 0 Å². The van der Waals surface area contributed by atoms with Crippen molar-refractivity contribution >= 4 is 17.7 Å². The lowest BCUT2D eigenvalue weighted by Crippen LogP contribution is -2.40. The minimum Gasteiger partial charge on any atom is -0.478 e. The third kappa shape index (κ3) is 4.82. The first-order chi connectivity index (χ1) is 13.0. The smallest absolute Gasteiger partial charge is 0.335 e. The van der Waals surface area contributed by atoms with Gasteiger partial charge in [0.2, 0.25) is 5.91 Å². The molecule has 1 N–H and O–H groups in total. The van der Waals surface area contributed by atoms with E-state index in [1.54, 1.807) is 24.3 Å². The maximum Gasteiger partial charge on any atom is 0.335 e. The quantitative estimate of drug-likeness (QED) is 0.796. The number of hydrogen-bond donors (Lipinski definition) is 1. The van der Waals surface area contributed by atoms with E-state index in [1.807, 2.05) is 35.2 Å². The van der Waals surface area contributed by atoms with Crippen molar-refractivity contribution in [1.29, 1.82) is 0 Å².